The molecule has 0 saturated heterocycles. The lowest BCUT2D eigenvalue weighted by atomic mass is 10.1. The quantitative estimate of drug-likeness (QED) is 0.456. The van der Waals surface area contributed by atoms with Crippen LogP contribution in [0.25, 0.3) is 11.4 Å². The Balaban J connectivity index is 1.77. The summed E-state index contributed by atoms with van der Waals surface area (Å²) >= 11 is 1.39. The summed E-state index contributed by atoms with van der Waals surface area (Å²) in [6, 6.07) is 14.8. The number of ketones is 1. The Morgan fingerprint density at radius 3 is 2.41 bits per heavy atom. The van der Waals surface area contributed by atoms with Crippen molar-refractivity contribution in [2.24, 2.45) is 7.05 Å². The minimum absolute atomic E-state index is 0.0357. The molecule has 0 saturated carbocycles. The van der Waals surface area contributed by atoms with Gasteiger partial charge in [0.15, 0.2) is 16.8 Å². The van der Waals surface area contributed by atoms with Gasteiger partial charge in [0, 0.05) is 18.2 Å². The first-order chi connectivity index (χ1) is 13.0. The predicted molar refractivity (Wildman–Crippen MR) is 106 cm³/mol. The maximum absolute atomic E-state index is 12.7. The van der Waals surface area contributed by atoms with Crippen LogP contribution < -0.4 is 9.47 Å². The Morgan fingerprint density at radius 2 is 1.74 bits per heavy atom. The Morgan fingerprint density at radius 1 is 1.04 bits per heavy atom. The molecule has 0 N–H and O–H groups in total. The Hall–Kier alpha value is -2.80. The first-order valence-electron chi connectivity index (χ1n) is 8.42. The highest BCUT2D eigenvalue weighted by Crippen LogP contribution is 2.29. The van der Waals surface area contributed by atoms with Gasteiger partial charge in [-0.1, -0.05) is 23.9 Å². The summed E-state index contributed by atoms with van der Waals surface area (Å²) in [6.45, 7) is 1.87. The van der Waals surface area contributed by atoms with Crippen LogP contribution >= 0.6 is 11.8 Å². The fourth-order valence-electron chi connectivity index (χ4n) is 2.63. The molecule has 0 aliphatic heterocycles. The molecule has 0 fully saturated rings. The summed E-state index contributed by atoms with van der Waals surface area (Å²) in [6.07, 6.45) is 0. The molecular formula is C20H21N3O3S. The Labute approximate surface area is 162 Å². The maximum atomic E-state index is 12.7. The minimum atomic E-state index is -0.292. The monoisotopic (exact) mass is 383 g/mol. The number of methoxy groups -OCH3 is 2. The molecular weight excluding hydrogens is 362 g/mol. The smallest absolute Gasteiger partial charge is 0.191 e. The third kappa shape index (κ3) is 4.14. The zero-order valence-electron chi connectivity index (χ0n) is 15.7. The van der Waals surface area contributed by atoms with E-state index in [0.29, 0.717) is 10.7 Å². The van der Waals surface area contributed by atoms with Gasteiger partial charge in [-0.3, -0.25) is 4.79 Å². The topological polar surface area (TPSA) is 66.2 Å². The SMILES string of the molecule is COc1ccc(C(=O)[C@@H](C)Sc2nnc(-c3cccc(OC)c3)n2C)cc1. The predicted octanol–water partition coefficient (Wildman–Crippen LogP) is 3.86. The van der Waals surface area contributed by atoms with E-state index in [1.165, 1.54) is 11.8 Å². The summed E-state index contributed by atoms with van der Waals surface area (Å²) in [4.78, 5) is 12.7. The molecule has 2 aromatic carbocycles. The lowest BCUT2D eigenvalue weighted by molar-refractivity contribution is 0.0994. The van der Waals surface area contributed by atoms with Crippen molar-refractivity contribution in [1.82, 2.24) is 14.8 Å². The van der Waals surface area contributed by atoms with Crippen molar-refractivity contribution in [2.75, 3.05) is 14.2 Å². The number of ether oxygens (including phenoxy) is 2. The number of hydrogen-bond acceptors (Lipinski definition) is 6. The van der Waals surface area contributed by atoms with Gasteiger partial charge < -0.3 is 14.0 Å². The van der Waals surface area contributed by atoms with Gasteiger partial charge in [0.25, 0.3) is 0 Å². The largest absolute Gasteiger partial charge is 0.497 e. The van der Waals surface area contributed by atoms with Crippen LogP contribution in [0.15, 0.2) is 53.7 Å². The van der Waals surface area contributed by atoms with E-state index in [4.69, 9.17) is 9.47 Å². The molecule has 1 heterocycles. The van der Waals surface area contributed by atoms with Crippen molar-refractivity contribution < 1.29 is 14.3 Å². The summed E-state index contributed by atoms with van der Waals surface area (Å²) < 4.78 is 12.3. The molecule has 3 aromatic rings. The zero-order chi connectivity index (χ0) is 19.4. The molecule has 7 heteroatoms. The van der Waals surface area contributed by atoms with Gasteiger partial charge in [-0.2, -0.15) is 0 Å². The molecule has 0 spiro atoms. The first kappa shape index (κ1) is 19.0. The van der Waals surface area contributed by atoms with Crippen molar-refractivity contribution in [2.45, 2.75) is 17.3 Å². The van der Waals surface area contributed by atoms with Crippen LogP contribution in [-0.4, -0.2) is 40.0 Å². The molecule has 0 aliphatic rings. The van der Waals surface area contributed by atoms with Gasteiger partial charge in [0.05, 0.1) is 19.5 Å². The van der Waals surface area contributed by atoms with E-state index in [-0.39, 0.29) is 11.0 Å². The second-order valence-electron chi connectivity index (χ2n) is 5.95. The van der Waals surface area contributed by atoms with Crippen LogP contribution in [0.2, 0.25) is 0 Å². The van der Waals surface area contributed by atoms with Crippen LogP contribution in [-0.2, 0) is 7.05 Å². The molecule has 0 unspecified atom stereocenters. The Bertz CT molecular complexity index is 938. The summed E-state index contributed by atoms with van der Waals surface area (Å²) in [5, 5.41) is 8.92. The fraction of sp³-hybridized carbons (Fsp3) is 0.250. The normalized spacial score (nSPS) is 11.9. The molecule has 0 aliphatic carbocycles. The number of benzene rings is 2. The number of carbonyl (C=O) groups excluding carboxylic acids is 1. The van der Waals surface area contributed by atoms with E-state index >= 15 is 0 Å². The fourth-order valence-corrected chi connectivity index (χ4v) is 3.52. The van der Waals surface area contributed by atoms with E-state index in [0.717, 1.165) is 22.9 Å². The highest BCUT2D eigenvalue weighted by molar-refractivity contribution is 8.00. The number of rotatable bonds is 7. The number of thioether (sulfide) groups is 1. The zero-order valence-corrected chi connectivity index (χ0v) is 16.5. The standard InChI is InChI=1S/C20H21N3O3S/c1-13(18(24)14-8-10-16(25-3)11-9-14)27-20-22-21-19(23(20)2)15-6-5-7-17(12-15)26-4/h5-13H,1-4H3/t13-/m1/s1. The molecule has 6 nitrogen and oxygen atoms in total. The minimum Gasteiger partial charge on any atom is -0.497 e. The lowest BCUT2D eigenvalue weighted by Gasteiger charge is -2.11. The number of aromatic nitrogens is 3. The summed E-state index contributed by atoms with van der Waals surface area (Å²) in [7, 11) is 5.12. The molecule has 0 radical (unpaired) electrons. The second kappa shape index (κ2) is 8.26. The van der Waals surface area contributed by atoms with Crippen molar-refractivity contribution in [3.63, 3.8) is 0 Å². The van der Waals surface area contributed by atoms with Crippen molar-refractivity contribution in [3.05, 3.63) is 54.1 Å². The highest BCUT2D eigenvalue weighted by Gasteiger charge is 2.20. The summed E-state index contributed by atoms with van der Waals surface area (Å²) in [5.74, 6) is 2.24. The van der Waals surface area contributed by atoms with Crippen LogP contribution in [0.5, 0.6) is 11.5 Å². The van der Waals surface area contributed by atoms with Gasteiger partial charge in [-0.25, -0.2) is 0 Å². The number of carbonyl (C=O) groups is 1. The van der Waals surface area contributed by atoms with E-state index in [9.17, 15) is 4.79 Å². The van der Waals surface area contributed by atoms with Gasteiger partial charge in [-0.15, -0.1) is 10.2 Å². The van der Waals surface area contributed by atoms with E-state index < -0.39 is 0 Å². The molecule has 1 aromatic heterocycles. The second-order valence-corrected chi connectivity index (χ2v) is 7.26. The van der Waals surface area contributed by atoms with Crippen LogP contribution in [0.1, 0.15) is 17.3 Å². The third-order valence-electron chi connectivity index (χ3n) is 4.19. The molecule has 3 rings (SSSR count). The van der Waals surface area contributed by atoms with Crippen molar-refractivity contribution in [1.29, 1.82) is 0 Å². The van der Waals surface area contributed by atoms with E-state index in [2.05, 4.69) is 10.2 Å². The number of Topliss-reactive ketones (excluding diaryl/α,β-unsaturated/α-hetero) is 1. The van der Waals surface area contributed by atoms with Gasteiger partial charge >= 0.3 is 0 Å². The maximum Gasteiger partial charge on any atom is 0.191 e. The average Bonchev–Trinajstić information content (AvgIpc) is 3.07. The lowest BCUT2D eigenvalue weighted by Crippen LogP contribution is -2.14. The number of hydrogen-bond donors (Lipinski definition) is 0. The highest BCUT2D eigenvalue weighted by atomic mass is 32.2. The van der Waals surface area contributed by atoms with Crippen molar-refractivity contribution in [3.8, 4) is 22.9 Å². The molecule has 140 valence electrons. The summed E-state index contributed by atoms with van der Waals surface area (Å²) in [5.41, 5.74) is 1.55. The molecule has 1 atom stereocenters. The van der Waals surface area contributed by atoms with Gasteiger partial charge in [0.1, 0.15) is 11.5 Å². The van der Waals surface area contributed by atoms with Crippen LogP contribution in [0.3, 0.4) is 0 Å². The van der Waals surface area contributed by atoms with E-state index in [1.807, 2.05) is 42.8 Å². The van der Waals surface area contributed by atoms with Gasteiger partial charge in [-0.05, 0) is 43.3 Å². The van der Waals surface area contributed by atoms with Crippen molar-refractivity contribution >= 4 is 17.5 Å². The number of nitrogens with zero attached hydrogens (tertiary/aromatic N) is 3. The van der Waals surface area contributed by atoms with Crippen LogP contribution in [0.4, 0.5) is 0 Å². The van der Waals surface area contributed by atoms with E-state index in [1.54, 1.807) is 38.5 Å². The Kier molecular flexibility index (Phi) is 5.81. The third-order valence-corrected chi connectivity index (χ3v) is 5.32. The molecule has 0 amide bonds. The van der Waals surface area contributed by atoms with Crippen LogP contribution in [0, 0.1) is 0 Å². The first-order valence-corrected chi connectivity index (χ1v) is 9.30. The molecule has 27 heavy (non-hydrogen) atoms. The van der Waals surface area contributed by atoms with Gasteiger partial charge in [0.2, 0.25) is 0 Å². The molecule has 0 bridgehead atoms. The average molecular weight is 383 g/mol.